The molecule has 7 nitrogen and oxygen atoms in total. The van der Waals surface area contributed by atoms with Crippen LogP contribution in [0, 0.1) is 56.6 Å². The second kappa shape index (κ2) is 11.1. The molecular formula is C32H15F9N4O3. The fourth-order valence-electron chi connectivity index (χ4n) is 6.23. The fraction of sp³-hybridized carbons (Fsp3) is 0.250. The second-order valence-electron chi connectivity index (χ2n) is 10.6. The zero-order valence-electron chi connectivity index (χ0n) is 24.5. The molecule has 16 heteroatoms. The summed E-state index contributed by atoms with van der Waals surface area (Å²) >= 11 is 0. The van der Waals surface area contributed by atoms with Crippen LogP contribution in [-0.2, 0) is 12.8 Å². The van der Waals surface area contributed by atoms with Gasteiger partial charge in [-0.3, -0.25) is 0 Å². The molecule has 244 valence electrons. The van der Waals surface area contributed by atoms with Gasteiger partial charge in [0.25, 0.3) is 11.4 Å². The number of rotatable bonds is 3. The number of fused-ring (bicyclic) bond motifs is 6. The Bertz CT molecular complexity index is 2230. The average molecular weight is 674 g/mol. The summed E-state index contributed by atoms with van der Waals surface area (Å²) < 4.78 is 133. The van der Waals surface area contributed by atoms with Crippen molar-refractivity contribution < 1.29 is 53.7 Å². The molecule has 0 aliphatic heterocycles. The van der Waals surface area contributed by atoms with Crippen molar-refractivity contribution in [2.75, 3.05) is 0 Å². The molecule has 3 aromatic carbocycles. The van der Waals surface area contributed by atoms with Crippen molar-refractivity contribution in [3.8, 4) is 51.6 Å². The van der Waals surface area contributed by atoms with E-state index in [1.54, 1.807) is 32.1 Å². The van der Waals surface area contributed by atoms with Crippen molar-refractivity contribution in [1.29, 1.82) is 10.5 Å². The van der Waals surface area contributed by atoms with Gasteiger partial charge >= 0.3 is 19.1 Å². The highest BCUT2D eigenvalue weighted by Gasteiger charge is 2.45. The molecule has 0 N–H and O–H groups in total. The topological polar surface area (TPSA) is 84.0 Å². The smallest absolute Gasteiger partial charge is 0.402 e. The molecule has 0 saturated heterocycles. The molecule has 0 aromatic heterocycles. The van der Waals surface area contributed by atoms with Crippen LogP contribution in [0.2, 0.25) is 0 Å². The van der Waals surface area contributed by atoms with Crippen molar-refractivity contribution in [3.63, 3.8) is 0 Å². The average Bonchev–Trinajstić information content (AvgIpc) is 3.52. The lowest BCUT2D eigenvalue weighted by atomic mass is 9.89. The van der Waals surface area contributed by atoms with Crippen molar-refractivity contribution >= 4 is 11.4 Å². The predicted molar refractivity (Wildman–Crippen MR) is 148 cm³/mol. The Morgan fingerprint density at radius 2 is 1.08 bits per heavy atom. The highest BCUT2D eigenvalue weighted by atomic mass is 19.4. The van der Waals surface area contributed by atoms with Gasteiger partial charge in [0.2, 0.25) is 5.75 Å². The molecule has 0 spiro atoms. The van der Waals surface area contributed by atoms with Crippen LogP contribution in [-0.4, -0.2) is 19.1 Å². The lowest BCUT2D eigenvalue weighted by molar-refractivity contribution is -0.293. The normalized spacial score (nSPS) is 14.2. The van der Waals surface area contributed by atoms with Gasteiger partial charge in [0.15, 0.2) is 11.5 Å². The molecule has 0 saturated carbocycles. The maximum Gasteiger partial charge on any atom is 0.573 e. The Morgan fingerprint density at radius 3 is 1.52 bits per heavy atom. The highest BCUT2D eigenvalue weighted by Crippen LogP contribution is 2.54. The number of nitrogens with zero attached hydrogens (tertiary/aromatic N) is 4. The van der Waals surface area contributed by atoms with Gasteiger partial charge in [0, 0.05) is 22.4 Å². The maximum absolute atomic E-state index is 13.7. The number of hydrogen-bond donors (Lipinski definition) is 0. The SMILES string of the molecule is [C-]#[N+]/C(C#N)=c1/c2c(/c(=C(\C#N)[N+]#[C-])c3c1-c1cc(C)c(C)c(C)c1C3)-c1cc(OC(F)(F)F)c(OC(F)(F)F)c(OC(F)(F)F)c1C2. The van der Waals surface area contributed by atoms with Crippen LogP contribution in [0.25, 0.3) is 43.3 Å². The number of hydrogen-bond acceptors (Lipinski definition) is 5. The number of nitriles is 2. The third kappa shape index (κ3) is 5.56. The van der Waals surface area contributed by atoms with E-state index in [9.17, 15) is 50.0 Å². The molecule has 0 atom stereocenters. The molecule has 0 heterocycles. The number of alkyl halides is 9. The van der Waals surface area contributed by atoms with Crippen molar-refractivity contribution in [2.45, 2.75) is 52.7 Å². The van der Waals surface area contributed by atoms with E-state index in [0.29, 0.717) is 17.2 Å². The molecule has 0 radical (unpaired) electrons. The number of benzene rings is 3. The Balaban J connectivity index is 2.09. The summed E-state index contributed by atoms with van der Waals surface area (Å²) in [6, 6.07) is 5.45. The van der Waals surface area contributed by atoms with Gasteiger partial charge < -0.3 is 14.2 Å². The third-order valence-corrected chi connectivity index (χ3v) is 8.12. The molecule has 5 rings (SSSR count). The van der Waals surface area contributed by atoms with E-state index < -0.39 is 65.3 Å². The van der Waals surface area contributed by atoms with Crippen LogP contribution in [0.3, 0.4) is 0 Å². The van der Waals surface area contributed by atoms with Gasteiger partial charge in [-0.1, -0.05) is 6.07 Å². The van der Waals surface area contributed by atoms with Crippen LogP contribution in [0.5, 0.6) is 17.2 Å². The fourth-order valence-corrected chi connectivity index (χ4v) is 6.23. The van der Waals surface area contributed by atoms with E-state index >= 15 is 0 Å². The zero-order chi connectivity index (χ0) is 35.7. The first-order valence-corrected chi connectivity index (χ1v) is 13.3. The molecular weight excluding hydrogens is 659 g/mol. The molecule has 2 aliphatic rings. The van der Waals surface area contributed by atoms with Crippen LogP contribution < -0.4 is 24.6 Å². The third-order valence-electron chi connectivity index (χ3n) is 8.12. The molecule has 0 amide bonds. The van der Waals surface area contributed by atoms with Gasteiger partial charge in [-0.2, -0.15) is 0 Å². The summed E-state index contributed by atoms with van der Waals surface area (Å²) in [5, 5.41) is 19.6. The van der Waals surface area contributed by atoms with Crippen LogP contribution in [0.1, 0.15) is 38.9 Å². The lowest BCUT2D eigenvalue weighted by Crippen LogP contribution is -2.25. The largest absolute Gasteiger partial charge is 0.573 e. The molecule has 3 aromatic rings. The molecule has 2 aliphatic carbocycles. The summed E-state index contributed by atoms with van der Waals surface area (Å²) in [4.78, 5) is 6.52. The van der Waals surface area contributed by atoms with Gasteiger partial charge in [0.1, 0.15) is 0 Å². The Labute approximate surface area is 264 Å². The highest BCUT2D eigenvalue weighted by molar-refractivity contribution is 5.94. The number of ether oxygens (including phenoxy) is 3. The van der Waals surface area contributed by atoms with Gasteiger partial charge in [-0.15, -0.1) is 39.5 Å². The van der Waals surface area contributed by atoms with E-state index in [1.165, 1.54) is 0 Å². The van der Waals surface area contributed by atoms with E-state index in [4.69, 9.17) is 13.1 Å². The summed E-state index contributed by atoms with van der Waals surface area (Å²) in [5.41, 5.74) is 0.638. The van der Waals surface area contributed by atoms with Crippen molar-refractivity contribution in [3.05, 3.63) is 84.3 Å². The quantitative estimate of drug-likeness (QED) is 0.146. The minimum absolute atomic E-state index is 0.0347. The van der Waals surface area contributed by atoms with E-state index in [2.05, 4.69) is 23.9 Å². The van der Waals surface area contributed by atoms with E-state index in [0.717, 1.165) is 16.7 Å². The zero-order valence-corrected chi connectivity index (χ0v) is 24.5. The monoisotopic (exact) mass is 674 g/mol. The predicted octanol–water partition coefficient (Wildman–Crippen LogP) is 7.55. The number of aryl methyl sites for hydroxylation is 1. The summed E-state index contributed by atoms with van der Waals surface area (Å²) in [5.74, 6) is -5.81. The standard InChI is InChI=1S/C32H15F9N4O3/c1-12-6-16-15(14(3)13(12)2)7-19-24(16)27(22(11-43)45-5)20-8-18-17(25(20)26(19)21(10-42)44-4)9-23(46-30(33,34)35)29(48-32(39,40)41)28(18)47-31(36,37)38/h6,9H,7-8H2,1-3H3/b26-21+,27-22-. The van der Waals surface area contributed by atoms with E-state index in [1.807, 2.05) is 6.92 Å². The van der Waals surface area contributed by atoms with Crippen LogP contribution >= 0.6 is 0 Å². The summed E-state index contributed by atoms with van der Waals surface area (Å²) in [6.07, 6.45) is -18.2. The molecule has 48 heavy (non-hydrogen) atoms. The van der Waals surface area contributed by atoms with E-state index in [-0.39, 0.29) is 39.1 Å². The first-order valence-electron chi connectivity index (χ1n) is 13.3. The van der Waals surface area contributed by atoms with Crippen molar-refractivity contribution in [2.24, 2.45) is 0 Å². The molecule has 0 bridgehead atoms. The first-order chi connectivity index (χ1) is 22.2. The molecule has 0 fully saturated rings. The van der Waals surface area contributed by atoms with Crippen molar-refractivity contribution in [1.82, 2.24) is 0 Å². The first kappa shape index (κ1) is 33.5. The minimum Gasteiger partial charge on any atom is -0.402 e. The Kier molecular flexibility index (Phi) is 7.77. The molecule has 0 unspecified atom stereocenters. The number of halogens is 9. The summed E-state index contributed by atoms with van der Waals surface area (Å²) in [7, 11) is 0. The van der Waals surface area contributed by atoms with Gasteiger partial charge in [-0.25, -0.2) is 20.2 Å². The summed E-state index contributed by atoms with van der Waals surface area (Å²) in [6.45, 7) is 20.8. The Hall–Kier alpha value is -5.87. The lowest BCUT2D eigenvalue weighted by Gasteiger charge is -2.22. The van der Waals surface area contributed by atoms with Gasteiger partial charge in [0.05, 0.1) is 25.3 Å². The second-order valence-corrected chi connectivity index (χ2v) is 10.6. The van der Waals surface area contributed by atoms with Crippen LogP contribution in [0.4, 0.5) is 39.5 Å². The van der Waals surface area contributed by atoms with Crippen LogP contribution in [0.15, 0.2) is 12.1 Å². The minimum atomic E-state index is -5.83. The van der Waals surface area contributed by atoms with Gasteiger partial charge in [-0.05, 0) is 88.9 Å². The Morgan fingerprint density at radius 1 is 0.646 bits per heavy atom. The maximum atomic E-state index is 13.7.